The first kappa shape index (κ1) is 16.8. The number of aryl methyl sites for hydroxylation is 1. The van der Waals surface area contributed by atoms with Gasteiger partial charge in [-0.2, -0.15) is 0 Å². The fourth-order valence-electron chi connectivity index (χ4n) is 4.07. The molecule has 0 aliphatic carbocycles. The Balaban J connectivity index is 1.73. The maximum absolute atomic E-state index is 13.4. The van der Waals surface area contributed by atoms with Crippen LogP contribution in [0, 0.1) is 0 Å². The number of aromatic nitrogens is 2. The Morgan fingerprint density at radius 2 is 2.08 bits per heavy atom. The van der Waals surface area contributed by atoms with Crippen molar-refractivity contribution in [1.82, 2.24) is 14.0 Å². The third kappa shape index (κ3) is 2.59. The van der Waals surface area contributed by atoms with Gasteiger partial charge in [-0.3, -0.25) is 4.79 Å². The van der Waals surface area contributed by atoms with Crippen LogP contribution in [0.1, 0.15) is 42.0 Å². The topological polar surface area (TPSA) is 39.4 Å². The van der Waals surface area contributed by atoms with Crippen LogP contribution in [0.3, 0.4) is 0 Å². The fourth-order valence-corrected chi connectivity index (χ4v) is 4.07. The number of ether oxygens (including phenoxy) is 1. The summed E-state index contributed by atoms with van der Waals surface area (Å²) in [6.07, 6.45) is 4.14. The molecule has 0 radical (unpaired) electrons. The second-order valence-corrected chi connectivity index (χ2v) is 6.94. The third-order valence-corrected chi connectivity index (χ3v) is 5.46. The molecule has 3 aromatic rings. The molecule has 2 aromatic heterocycles. The van der Waals surface area contributed by atoms with Gasteiger partial charge < -0.3 is 18.8 Å². The maximum Gasteiger partial charge on any atom is 0.271 e. The van der Waals surface area contributed by atoms with Crippen LogP contribution in [0.4, 0.5) is 0 Å². The molecule has 3 heterocycles. The highest BCUT2D eigenvalue weighted by Gasteiger charge is 2.32. The predicted molar refractivity (Wildman–Crippen MR) is 103 cm³/mol. The van der Waals surface area contributed by atoms with E-state index in [9.17, 15) is 4.79 Å². The van der Waals surface area contributed by atoms with Crippen molar-refractivity contribution in [3.8, 4) is 5.75 Å². The Kier molecular flexibility index (Phi) is 4.23. The lowest BCUT2D eigenvalue weighted by molar-refractivity contribution is 0.0601. The molecule has 1 unspecified atom stereocenters. The van der Waals surface area contributed by atoms with E-state index < -0.39 is 0 Å². The monoisotopic (exact) mass is 351 g/mol. The smallest absolute Gasteiger partial charge is 0.271 e. The number of carbonyl (C=O) groups excluding carboxylic acids is 1. The van der Waals surface area contributed by atoms with Crippen LogP contribution in [0.15, 0.2) is 42.6 Å². The molecule has 26 heavy (non-hydrogen) atoms. The molecule has 1 aliphatic heterocycles. The average Bonchev–Trinajstić information content (AvgIpc) is 3.26. The minimum absolute atomic E-state index is 0.105. The molecule has 0 N–H and O–H groups in total. The summed E-state index contributed by atoms with van der Waals surface area (Å²) < 4.78 is 9.59. The Hall–Kier alpha value is -2.69. The fraction of sp³-hybridized carbons (Fsp3) is 0.381. The molecular formula is C21H25N3O2. The maximum atomic E-state index is 13.4. The molecule has 1 atom stereocenters. The Labute approximate surface area is 153 Å². The highest BCUT2D eigenvalue weighted by molar-refractivity contribution is 5.99. The van der Waals surface area contributed by atoms with E-state index in [1.54, 1.807) is 7.11 Å². The largest absolute Gasteiger partial charge is 0.497 e. The zero-order valence-electron chi connectivity index (χ0n) is 15.6. The molecule has 136 valence electrons. The SMILES string of the molecule is CCCC1c2cccn2CCN1C(=O)c1cc2ccc(OC)cc2n1C. The molecule has 1 aromatic carbocycles. The van der Waals surface area contributed by atoms with Gasteiger partial charge >= 0.3 is 0 Å². The highest BCUT2D eigenvalue weighted by atomic mass is 16.5. The average molecular weight is 351 g/mol. The van der Waals surface area contributed by atoms with E-state index in [4.69, 9.17) is 4.74 Å². The van der Waals surface area contributed by atoms with Crippen LogP contribution in [-0.4, -0.2) is 33.6 Å². The molecule has 0 saturated carbocycles. The summed E-state index contributed by atoms with van der Waals surface area (Å²) >= 11 is 0. The van der Waals surface area contributed by atoms with E-state index in [1.807, 2.05) is 40.8 Å². The van der Waals surface area contributed by atoms with Crippen molar-refractivity contribution in [2.75, 3.05) is 13.7 Å². The summed E-state index contributed by atoms with van der Waals surface area (Å²) in [6.45, 7) is 3.77. The van der Waals surface area contributed by atoms with E-state index in [1.165, 1.54) is 5.69 Å². The lowest BCUT2D eigenvalue weighted by atomic mass is 10.0. The second-order valence-electron chi connectivity index (χ2n) is 6.94. The molecule has 5 heteroatoms. The molecule has 0 spiro atoms. The molecule has 0 fully saturated rings. The van der Waals surface area contributed by atoms with E-state index in [0.29, 0.717) is 0 Å². The van der Waals surface area contributed by atoms with E-state index >= 15 is 0 Å². The molecule has 0 saturated heterocycles. The Morgan fingerprint density at radius 1 is 1.23 bits per heavy atom. The van der Waals surface area contributed by atoms with Crippen LogP contribution in [0.2, 0.25) is 0 Å². The van der Waals surface area contributed by atoms with Crippen molar-refractivity contribution in [2.24, 2.45) is 7.05 Å². The van der Waals surface area contributed by atoms with E-state index in [2.05, 4.69) is 29.8 Å². The van der Waals surface area contributed by atoms with Crippen molar-refractivity contribution in [3.05, 3.63) is 54.0 Å². The van der Waals surface area contributed by atoms with Crippen LogP contribution in [0.25, 0.3) is 10.9 Å². The predicted octanol–water partition coefficient (Wildman–Crippen LogP) is 3.99. The normalized spacial score (nSPS) is 16.7. The lowest BCUT2D eigenvalue weighted by Crippen LogP contribution is -2.42. The van der Waals surface area contributed by atoms with E-state index in [0.717, 1.165) is 48.3 Å². The number of hydrogen-bond acceptors (Lipinski definition) is 2. The summed E-state index contributed by atoms with van der Waals surface area (Å²) in [5.41, 5.74) is 2.99. The summed E-state index contributed by atoms with van der Waals surface area (Å²) in [6, 6.07) is 12.3. The standard InChI is InChI=1S/C21H25N3O2/c1-4-6-18-17-7-5-10-23(17)11-12-24(18)21(25)20-13-15-8-9-16(26-3)14-19(15)22(20)2/h5,7-10,13-14,18H,4,6,11-12H2,1-3H3. The molecular weight excluding hydrogens is 326 g/mol. The molecule has 5 nitrogen and oxygen atoms in total. The van der Waals surface area contributed by atoms with Gasteiger partial charge in [0.1, 0.15) is 11.4 Å². The van der Waals surface area contributed by atoms with Crippen molar-refractivity contribution in [2.45, 2.75) is 32.4 Å². The van der Waals surface area contributed by atoms with Gasteiger partial charge in [0.05, 0.1) is 18.7 Å². The van der Waals surface area contributed by atoms with Crippen molar-refractivity contribution in [1.29, 1.82) is 0 Å². The summed E-state index contributed by atoms with van der Waals surface area (Å²) in [5.74, 6) is 0.908. The number of benzene rings is 1. The van der Waals surface area contributed by atoms with Gasteiger partial charge in [-0.1, -0.05) is 13.3 Å². The summed E-state index contributed by atoms with van der Waals surface area (Å²) in [4.78, 5) is 15.5. The molecule has 1 amide bonds. The van der Waals surface area contributed by atoms with Crippen molar-refractivity contribution in [3.63, 3.8) is 0 Å². The molecule has 4 rings (SSSR count). The zero-order valence-corrected chi connectivity index (χ0v) is 15.6. The Bertz CT molecular complexity index is 953. The van der Waals surface area contributed by atoms with E-state index in [-0.39, 0.29) is 11.9 Å². The number of hydrogen-bond donors (Lipinski definition) is 0. The highest BCUT2D eigenvalue weighted by Crippen LogP contribution is 2.32. The number of methoxy groups -OCH3 is 1. The van der Waals surface area contributed by atoms with Gasteiger partial charge in [-0.25, -0.2) is 0 Å². The van der Waals surface area contributed by atoms with Crippen molar-refractivity contribution >= 4 is 16.8 Å². The minimum atomic E-state index is 0.105. The van der Waals surface area contributed by atoms with Gasteiger partial charge in [0, 0.05) is 43.5 Å². The van der Waals surface area contributed by atoms with Crippen molar-refractivity contribution < 1.29 is 9.53 Å². The van der Waals surface area contributed by atoms with Gasteiger partial charge in [0.15, 0.2) is 0 Å². The van der Waals surface area contributed by atoms with Gasteiger partial charge in [-0.15, -0.1) is 0 Å². The summed E-state index contributed by atoms with van der Waals surface area (Å²) in [7, 11) is 3.62. The van der Waals surface area contributed by atoms with Crippen LogP contribution in [-0.2, 0) is 13.6 Å². The number of fused-ring (bicyclic) bond motifs is 2. The first-order valence-electron chi connectivity index (χ1n) is 9.23. The van der Waals surface area contributed by atoms with Gasteiger partial charge in [0.25, 0.3) is 5.91 Å². The first-order valence-corrected chi connectivity index (χ1v) is 9.23. The number of carbonyl (C=O) groups is 1. The van der Waals surface area contributed by atoms with Crippen LogP contribution < -0.4 is 4.74 Å². The first-order chi connectivity index (χ1) is 12.6. The lowest BCUT2D eigenvalue weighted by Gasteiger charge is -2.37. The second kappa shape index (κ2) is 6.56. The molecule has 0 bridgehead atoms. The van der Waals surface area contributed by atoms with Crippen LogP contribution in [0.5, 0.6) is 5.75 Å². The number of nitrogens with zero attached hydrogens (tertiary/aromatic N) is 3. The van der Waals surface area contributed by atoms with Crippen LogP contribution >= 0.6 is 0 Å². The van der Waals surface area contributed by atoms with Gasteiger partial charge in [-0.05, 0) is 36.8 Å². The number of amides is 1. The zero-order chi connectivity index (χ0) is 18.3. The van der Waals surface area contributed by atoms with Gasteiger partial charge in [0.2, 0.25) is 0 Å². The third-order valence-electron chi connectivity index (χ3n) is 5.46. The summed E-state index contributed by atoms with van der Waals surface area (Å²) in [5, 5.41) is 1.06. The number of rotatable bonds is 4. The minimum Gasteiger partial charge on any atom is -0.497 e. The quantitative estimate of drug-likeness (QED) is 0.713. The molecule has 1 aliphatic rings. The Morgan fingerprint density at radius 3 is 2.85 bits per heavy atom.